The highest BCUT2D eigenvalue weighted by molar-refractivity contribution is 8.03. The molecule has 6 atom stereocenters. The molecule has 0 spiro atoms. The molecule has 1 unspecified atom stereocenters. The number of β-lactam (4-membered cyclic amide) rings is 1. The van der Waals surface area contributed by atoms with Crippen molar-refractivity contribution in [3.05, 3.63) is 10.6 Å². The van der Waals surface area contributed by atoms with Crippen molar-refractivity contribution in [1.82, 2.24) is 20.0 Å². The molecule has 0 aromatic rings. The van der Waals surface area contributed by atoms with Crippen LogP contribution in [0.25, 0.3) is 0 Å². The van der Waals surface area contributed by atoms with Crippen LogP contribution in [0.5, 0.6) is 0 Å². The van der Waals surface area contributed by atoms with E-state index in [-0.39, 0.29) is 23.3 Å². The summed E-state index contributed by atoms with van der Waals surface area (Å²) in [5.41, 5.74) is -0.154. The lowest BCUT2D eigenvalue weighted by Gasteiger charge is -2.46. The fourth-order valence-electron chi connectivity index (χ4n) is 5.38. The summed E-state index contributed by atoms with van der Waals surface area (Å²) in [6, 6.07) is -3.14. The molecule has 3 saturated heterocycles. The molecule has 4 heterocycles. The van der Waals surface area contributed by atoms with E-state index in [1.165, 1.54) is 23.6 Å². The first-order valence-electron chi connectivity index (χ1n) is 11.7. The van der Waals surface area contributed by atoms with Gasteiger partial charge in [-0.3, -0.25) is 19.3 Å². The van der Waals surface area contributed by atoms with Gasteiger partial charge in [-0.15, -0.1) is 11.8 Å². The first kappa shape index (κ1) is 25.5. The number of nitrogens with one attached hydrogen (secondary N) is 1. The summed E-state index contributed by atoms with van der Waals surface area (Å²) in [5.74, 6) is -3.69. The van der Waals surface area contributed by atoms with Gasteiger partial charge in [-0.05, 0) is 26.7 Å². The van der Waals surface area contributed by atoms with E-state index >= 15 is 0 Å². The number of hydrogen-bond acceptors (Lipinski definition) is 8. The third-order valence-corrected chi connectivity index (χ3v) is 8.67. The lowest BCUT2D eigenvalue weighted by atomic mass is 9.79. The Labute approximate surface area is 206 Å². The first-order valence-corrected chi connectivity index (χ1v) is 12.7. The maximum Gasteiger partial charge on any atom is 0.353 e. The number of amides is 5. The maximum absolute atomic E-state index is 13.0. The predicted molar refractivity (Wildman–Crippen MR) is 123 cm³/mol. The molecule has 3 fully saturated rings. The van der Waals surface area contributed by atoms with Gasteiger partial charge in [0.05, 0.1) is 24.2 Å². The van der Waals surface area contributed by atoms with Gasteiger partial charge in [0.15, 0.2) is 0 Å². The van der Waals surface area contributed by atoms with Crippen molar-refractivity contribution in [2.45, 2.75) is 63.9 Å². The van der Waals surface area contributed by atoms with Crippen molar-refractivity contribution in [2.75, 3.05) is 18.8 Å². The average Bonchev–Trinajstić information content (AvgIpc) is 3.21. The van der Waals surface area contributed by atoms with E-state index < -0.39 is 60.1 Å². The number of thioether (sulfide) groups is 1. The number of carboxylic acid groups (broad SMARTS) is 1. The van der Waals surface area contributed by atoms with Crippen LogP contribution in [0.4, 0.5) is 4.79 Å². The average molecular weight is 511 g/mol. The zero-order chi connectivity index (χ0) is 25.8. The van der Waals surface area contributed by atoms with Crippen molar-refractivity contribution in [1.29, 1.82) is 0 Å². The van der Waals surface area contributed by atoms with Crippen molar-refractivity contribution >= 4 is 41.5 Å². The third kappa shape index (κ3) is 4.19. The predicted octanol–water partition coefficient (Wildman–Crippen LogP) is -0.834. The van der Waals surface area contributed by atoms with Crippen LogP contribution in [-0.2, 0) is 19.2 Å². The highest BCUT2D eigenvalue weighted by Crippen LogP contribution is 2.50. The molecule has 4 rings (SSSR count). The fourth-order valence-corrected chi connectivity index (χ4v) is 6.67. The number of imide groups is 1. The number of fused-ring (bicyclic) bond motifs is 1. The number of aliphatic hydroxyl groups is 2. The SMILES string of the molecule is CC(C(=O)N1CCC(O)CC1)N1C(=O)N[C@@H](CSC2=C(C(=O)O)N3C(=O)[C@H]([C@@H](C)O)[C@H]3[C@H]2C)C1=O. The summed E-state index contributed by atoms with van der Waals surface area (Å²) >= 11 is 1.08. The van der Waals surface area contributed by atoms with Crippen LogP contribution < -0.4 is 5.32 Å². The van der Waals surface area contributed by atoms with E-state index in [1.807, 2.05) is 0 Å². The molecule has 0 bridgehead atoms. The van der Waals surface area contributed by atoms with Gasteiger partial charge in [0.2, 0.25) is 11.8 Å². The number of aliphatic hydroxyl groups excluding tert-OH is 2. The van der Waals surface area contributed by atoms with Gasteiger partial charge in [0, 0.05) is 29.7 Å². The second-order valence-electron chi connectivity index (χ2n) is 9.53. The van der Waals surface area contributed by atoms with E-state index in [4.69, 9.17) is 0 Å². The monoisotopic (exact) mass is 510 g/mol. The van der Waals surface area contributed by atoms with Crippen LogP contribution in [0, 0.1) is 11.8 Å². The van der Waals surface area contributed by atoms with E-state index in [9.17, 15) is 39.3 Å². The molecule has 35 heavy (non-hydrogen) atoms. The lowest BCUT2D eigenvalue weighted by Crippen LogP contribution is -2.63. The molecule has 4 N–H and O–H groups in total. The van der Waals surface area contributed by atoms with Crippen molar-refractivity contribution in [3.63, 3.8) is 0 Å². The zero-order valence-electron chi connectivity index (χ0n) is 19.7. The molecule has 192 valence electrons. The number of aliphatic carboxylic acids is 1. The summed E-state index contributed by atoms with van der Waals surface area (Å²) in [6.45, 7) is 5.45. The molecule has 12 nitrogen and oxygen atoms in total. The standard InChI is InChI=1S/C22H30N4O8S/c1-9-15-14(11(3)27)20(31)26(15)16(21(32)33)17(9)35-8-13-19(30)25(22(34)23-13)10(2)18(29)24-6-4-12(28)5-7-24/h9-15,27-28H,4-8H2,1-3H3,(H,23,34)(H,32,33)/t9-,10?,11-,13+,14-,15-/m1/s1. The number of piperidine rings is 1. The Balaban J connectivity index is 1.44. The number of nitrogens with zero attached hydrogens (tertiary/aromatic N) is 3. The number of urea groups is 1. The number of carboxylic acids is 1. The van der Waals surface area contributed by atoms with E-state index in [1.54, 1.807) is 6.92 Å². The lowest BCUT2D eigenvalue weighted by molar-refractivity contribution is -0.163. The zero-order valence-corrected chi connectivity index (χ0v) is 20.5. The van der Waals surface area contributed by atoms with E-state index in [0.717, 1.165) is 16.7 Å². The third-order valence-electron chi connectivity index (χ3n) is 7.29. The second-order valence-corrected chi connectivity index (χ2v) is 10.6. The van der Waals surface area contributed by atoms with Crippen LogP contribution in [0.2, 0.25) is 0 Å². The van der Waals surface area contributed by atoms with Crippen LogP contribution in [0.15, 0.2) is 10.6 Å². The summed E-state index contributed by atoms with van der Waals surface area (Å²) in [5, 5.41) is 31.9. The quantitative estimate of drug-likeness (QED) is 0.252. The Hall–Kier alpha value is -2.64. The van der Waals surface area contributed by atoms with E-state index in [2.05, 4.69) is 5.32 Å². The van der Waals surface area contributed by atoms with Crippen LogP contribution in [-0.4, -0.2) is 109 Å². The molecule has 0 aromatic carbocycles. The Morgan fingerprint density at radius 1 is 1.14 bits per heavy atom. The number of hydrogen-bond donors (Lipinski definition) is 4. The number of rotatable bonds is 7. The van der Waals surface area contributed by atoms with Gasteiger partial charge in [-0.2, -0.15) is 0 Å². The highest BCUT2D eigenvalue weighted by Gasteiger charge is 2.60. The van der Waals surface area contributed by atoms with Gasteiger partial charge in [-0.25, -0.2) is 9.59 Å². The fraction of sp³-hybridized carbons (Fsp3) is 0.682. The minimum atomic E-state index is -1.27. The largest absolute Gasteiger partial charge is 0.477 e. The Morgan fingerprint density at radius 2 is 1.77 bits per heavy atom. The van der Waals surface area contributed by atoms with Gasteiger partial charge in [0.1, 0.15) is 17.8 Å². The second kappa shape index (κ2) is 9.43. The molecule has 5 amide bonds. The van der Waals surface area contributed by atoms with E-state index in [0.29, 0.717) is 30.8 Å². The summed E-state index contributed by atoms with van der Waals surface area (Å²) in [4.78, 5) is 66.9. The number of carbonyl (C=O) groups is 5. The Bertz CT molecular complexity index is 992. The smallest absolute Gasteiger partial charge is 0.353 e. The summed E-state index contributed by atoms with van der Waals surface area (Å²) < 4.78 is 0. The minimum absolute atomic E-state index is 0.0302. The molecule has 0 radical (unpaired) electrons. The van der Waals surface area contributed by atoms with Gasteiger partial charge in [0.25, 0.3) is 5.91 Å². The molecule has 4 aliphatic heterocycles. The molecular weight excluding hydrogens is 480 g/mol. The van der Waals surface area contributed by atoms with Gasteiger partial charge < -0.3 is 30.4 Å². The Kier molecular flexibility index (Phi) is 6.86. The highest BCUT2D eigenvalue weighted by atomic mass is 32.2. The number of carbonyl (C=O) groups excluding carboxylic acids is 4. The van der Waals surface area contributed by atoms with Crippen molar-refractivity contribution < 1.29 is 39.3 Å². The van der Waals surface area contributed by atoms with Crippen molar-refractivity contribution in [3.8, 4) is 0 Å². The topological polar surface area (TPSA) is 168 Å². The normalized spacial score (nSPS) is 30.9. The molecular formula is C22H30N4O8S. The molecule has 4 aliphatic rings. The van der Waals surface area contributed by atoms with Gasteiger partial charge in [-0.1, -0.05) is 6.92 Å². The first-order chi connectivity index (χ1) is 16.5. The molecule has 0 aromatic heterocycles. The summed E-state index contributed by atoms with van der Waals surface area (Å²) in [6.07, 6.45) is -0.508. The molecule has 13 heteroatoms. The minimum Gasteiger partial charge on any atom is -0.477 e. The van der Waals surface area contributed by atoms with Crippen LogP contribution >= 0.6 is 11.8 Å². The van der Waals surface area contributed by atoms with Crippen LogP contribution in [0.1, 0.15) is 33.6 Å². The van der Waals surface area contributed by atoms with Gasteiger partial charge >= 0.3 is 12.0 Å². The Morgan fingerprint density at radius 3 is 2.34 bits per heavy atom. The van der Waals surface area contributed by atoms with Crippen LogP contribution in [0.3, 0.4) is 0 Å². The molecule has 0 aliphatic carbocycles. The summed E-state index contributed by atoms with van der Waals surface area (Å²) in [7, 11) is 0. The molecule has 0 saturated carbocycles. The van der Waals surface area contributed by atoms with Crippen molar-refractivity contribution in [2.24, 2.45) is 11.8 Å². The number of likely N-dealkylation sites (tertiary alicyclic amines) is 1. The maximum atomic E-state index is 13.0.